The molecule has 1 fully saturated rings. The first kappa shape index (κ1) is 11.5. The fraction of sp³-hybridized carbons (Fsp3) is 0.909. The third-order valence-corrected chi connectivity index (χ3v) is 2.52. The molecule has 0 aliphatic heterocycles. The molecule has 0 heterocycles. The largest absolute Gasteiger partial charge is 0.480 e. The van der Waals surface area contributed by atoms with E-state index >= 15 is 0 Å². The summed E-state index contributed by atoms with van der Waals surface area (Å²) < 4.78 is 0. The third kappa shape index (κ3) is 3.29. The first-order valence-corrected chi connectivity index (χ1v) is 5.24. The minimum absolute atomic E-state index is 0.164. The molecule has 0 amide bonds. The lowest BCUT2D eigenvalue weighted by Gasteiger charge is -2.31. The fourth-order valence-electron chi connectivity index (χ4n) is 2.01. The average Bonchev–Trinajstić information content (AvgIpc) is 2.65. The van der Waals surface area contributed by atoms with Crippen LogP contribution in [0.5, 0.6) is 0 Å². The molecule has 14 heavy (non-hydrogen) atoms. The summed E-state index contributed by atoms with van der Waals surface area (Å²) in [6.07, 6.45) is 2.15. The van der Waals surface area contributed by atoms with E-state index in [-0.39, 0.29) is 11.5 Å². The standard InChI is InChI=1S/C11H21NO2/c1-11(2,3)7-12(4)9(10(13)14)8-5-6-8/h8-9H,5-7H2,1-4H3,(H,13,14). The molecule has 0 aromatic heterocycles. The SMILES string of the molecule is CN(CC(C)(C)C)C(C(=O)O)C1CC1. The molecule has 3 nitrogen and oxygen atoms in total. The van der Waals surface area contributed by atoms with Gasteiger partial charge in [-0.3, -0.25) is 9.69 Å². The molecule has 0 saturated heterocycles. The first-order valence-electron chi connectivity index (χ1n) is 5.24. The number of likely N-dealkylation sites (N-methyl/N-ethyl adjacent to an activating group) is 1. The molecule has 0 aromatic rings. The van der Waals surface area contributed by atoms with Gasteiger partial charge in [0.1, 0.15) is 6.04 Å². The highest BCUT2D eigenvalue weighted by molar-refractivity contribution is 5.74. The maximum atomic E-state index is 11.1. The van der Waals surface area contributed by atoms with Crippen LogP contribution in [0.25, 0.3) is 0 Å². The highest BCUT2D eigenvalue weighted by atomic mass is 16.4. The van der Waals surface area contributed by atoms with Gasteiger partial charge in [0.05, 0.1) is 0 Å². The van der Waals surface area contributed by atoms with Crippen LogP contribution in [0.3, 0.4) is 0 Å². The highest BCUT2D eigenvalue weighted by Gasteiger charge is 2.39. The molecule has 1 saturated carbocycles. The molecule has 1 rings (SSSR count). The van der Waals surface area contributed by atoms with Crippen molar-refractivity contribution in [2.24, 2.45) is 11.3 Å². The summed E-state index contributed by atoms with van der Waals surface area (Å²) in [7, 11) is 1.92. The Labute approximate surface area is 86.1 Å². The summed E-state index contributed by atoms with van der Waals surface area (Å²) in [5.74, 6) is -0.279. The molecule has 0 bridgehead atoms. The second kappa shape index (κ2) is 3.89. The predicted octanol–water partition coefficient (Wildman–Crippen LogP) is 1.83. The highest BCUT2D eigenvalue weighted by Crippen LogP contribution is 2.35. The van der Waals surface area contributed by atoms with Crippen molar-refractivity contribution >= 4 is 5.97 Å². The number of nitrogens with zero attached hydrogens (tertiary/aromatic N) is 1. The maximum Gasteiger partial charge on any atom is 0.321 e. The van der Waals surface area contributed by atoms with Crippen molar-refractivity contribution in [2.75, 3.05) is 13.6 Å². The van der Waals surface area contributed by atoms with Crippen molar-refractivity contribution in [3.05, 3.63) is 0 Å². The number of carbonyl (C=O) groups is 1. The number of rotatable bonds is 4. The molecule has 1 atom stereocenters. The summed E-state index contributed by atoms with van der Waals surface area (Å²) in [6, 6.07) is -0.269. The van der Waals surface area contributed by atoms with Gasteiger partial charge >= 0.3 is 5.97 Å². The van der Waals surface area contributed by atoms with Crippen LogP contribution in [0.15, 0.2) is 0 Å². The summed E-state index contributed by atoms with van der Waals surface area (Å²) >= 11 is 0. The van der Waals surface area contributed by atoms with Crippen LogP contribution in [0.2, 0.25) is 0 Å². The van der Waals surface area contributed by atoms with Crippen molar-refractivity contribution < 1.29 is 9.90 Å². The number of aliphatic carboxylic acids is 1. The Hall–Kier alpha value is -0.570. The van der Waals surface area contributed by atoms with E-state index in [1.807, 2.05) is 11.9 Å². The molecule has 1 unspecified atom stereocenters. The van der Waals surface area contributed by atoms with Crippen LogP contribution < -0.4 is 0 Å². The predicted molar refractivity (Wildman–Crippen MR) is 56.2 cm³/mol. The Bertz CT molecular complexity index is 216. The summed E-state index contributed by atoms with van der Waals surface area (Å²) in [5, 5.41) is 9.11. The molecule has 1 aliphatic rings. The van der Waals surface area contributed by atoms with Crippen LogP contribution in [0.4, 0.5) is 0 Å². The fourth-order valence-corrected chi connectivity index (χ4v) is 2.01. The van der Waals surface area contributed by atoms with E-state index in [1.165, 1.54) is 0 Å². The monoisotopic (exact) mass is 199 g/mol. The Kier molecular flexibility index (Phi) is 3.20. The molecule has 82 valence electrons. The van der Waals surface area contributed by atoms with Crippen molar-refractivity contribution in [3.8, 4) is 0 Å². The van der Waals surface area contributed by atoms with Crippen LogP contribution in [-0.2, 0) is 4.79 Å². The summed E-state index contributed by atoms with van der Waals surface area (Å²) in [5.41, 5.74) is 0.164. The number of carboxylic acid groups (broad SMARTS) is 1. The van der Waals surface area contributed by atoms with Crippen molar-refractivity contribution in [3.63, 3.8) is 0 Å². The van der Waals surface area contributed by atoms with Gasteiger partial charge in [-0.2, -0.15) is 0 Å². The van der Waals surface area contributed by atoms with E-state index in [2.05, 4.69) is 20.8 Å². The number of carboxylic acids is 1. The summed E-state index contributed by atoms with van der Waals surface area (Å²) in [4.78, 5) is 13.1. The molecule has 3 heteroatoms. The quantitative estimate of drug-likeness (QED) is 0.751. The molecule has 0 aromatic carbocycles. The van der Waals surface area contributed by atoms with E-state index in [0.29, 0.717) is 5.92 Å². The number of hydrogen-bond acceptors (Lipinski definition) is 2. The molecular weight excluding hydrogens is 178 g/mol. The lowest BCUT2D eigenvalue weighted by atomic mass is 9.95. The van der Waals surface area contributed by atoms with Crippen LogP contribution in [-0.4, -0.2) is 35.6 Å². The van der Waals surface area contributed by atoms with E-state index < -0.39 is 5.97 Å². The molecule has 1 N–H and O–H groups in total. The van der Waals surface area contributed by atoms with Gasteiger partial charge in [0.2, 0.25) is 0 Å². The van der Waals surface area contributed by atoms with Gasteiger partial charge in [-0.25, -0.2) is 0 Å². The van der Waals surface area contributed by atoms with E-state index in [9.17, 15) is 4.79 Å². The summed E-state index contributed by atoms with van der Waals surface area (Å²) in [6.45, 7) is 7.24. The minimum Gasteiger partial charge on any atom is -0.480 e. The normalized spacial score (nSPS) is 19.8. The zero-order valence-corrected chi connectivity index (χ0v) is 9.58. The third-order valence-electron chi connectivity index (χ3n) is 2.52. The zero-order chi connectivity index (χ0) is 10.9. The smallest absolute Gasteiger partial charge is 0.321 e. The van der Waals surface area contributed by atoms with Crippen LogP contribution >= 0.6 is 0 Å². The van der Waals surface area contributed by atoms with Gasteiger partial charge in [0.15, 0.2) is 0 Å². The van der Waals surface area contributed by atoms with E-state index in [0.717, 1.165) is 19.4 Å². The van der Waals surface area contributed by atoms with Gasteiger partial charge in [0, 0.05) is 6.54 Å². The first-order chi connectivity index (χ1) is 6.31. The molecule has 0 radical (unpaired) electrons. The van der Waals surface area contributed by atoms with Gasteiger partial charge < -0.3 is 5.11 Å². The number of hydrogen-bond donors (Lipinski definition) is 1. The van der Waals surface area contributed by atoms with Crippen LogP contribution in [0, 0.1) is 11.3 Å². The lowest BCUT2D eigenvalue weighted by Crippen LogP contribution is -2.44. The molecule has 1 aliphatic carbocycles. The second-order valence-corrected chi connectivity index (χ2v) is 5.60. The Morgan fingerprint density at radius 1 is 1.50 bits per heavy atom. The van der Waals surface area contributed by atoms with Crippen molar-refractivity contribution in [2.45, 2.75) is 39.7 Å². The van der Waals surface area contributed by atoms with Gasteiger partial charge in [-0.05, 0) is 31.2 Å². The van der Waals surface area contributed by atoms with Crippen molar-refractivity contribution in [1.82, 2.24) is 4.90 Å². The Morgan fingerprint density at radius 2 is 2.00 bits per heavy atom. The lowest BCUT2D eigenvalue weighted by molar-refractivity contribution is -0.144. The Balaban J connectivity index is 2.55. The molecular formula is C11H21NO2. The average molecular weight is 199 g/mol. The maximum absolute atomic E-state index is 11.1. The van der Waals surface area contributed by atoms with Gasteiger partial charge in [-0.15, -0.1) is 0 Å². The minimum atomic E-state index is -0.667. The van der Waals surface area contributed by atoms with E-state index in [1.54, 1.807) is 0 Å². The molecule has 0 spiro atoms. The van der Waals surface area contributed by atoms with Crippen molar-refractivity contribution in [1.29, 1.82) is 0 Å². The van der Waals surface area contributed by atoms with E-state index in [4.69, 9.17) is 5.11 Å². The van der Waals surface area contributed by atoms with Gasteiger partial charge in [-0.1, -0.05) is 20.8 Å². The Morgan fingerprint density at radius 3 is 2.29 bits per heavy atom. The topological polar surface area (TPSA) is 40.5 Å². The zero-order valence-electron chi connectivity index (χ0n) is 9.58. The van der Waals surface area contributed by atoms with Crippen LogP contribution in [0.1, 0.15) is 33.6 Å². The second-order valence-electron chi connectivity index (χ2n) is 5.60. The van der Waals surface area contributed by atoms with Gasteiger partial charge in [0.25, 0.3) is 0 Å².